The number of halogens is 2. The lowest BCUT2D eigenvalue weighted by Crippen LogP contribution is -2.43. The maximum atomic E-state index is 14.4. The van der Waals surface area contributed by atoms with E-state index in [9.17, 15) is 18.7 Å². The molecule has 1 atom stereocenters. The average Bonchev–Trinajstić information content (AvgIpc) is 3.37. The predicted octanol–water partition coefficient (Wildman–Crippen LogP) is 3.85. The van der Waals surface area contributed by atoms with Gasteiger partial charge in [-0.2, -0.15) is 10.1 Å². The number of fused-ring (bicyclic) bond motifs is 1. The molecule has 1 amide bonds. The number of aliphatic hydroxyl groups excluding tert-OH is 1. The van der Waals surface area contributed by atoms with E-state index in [1.165, 1.54) is 17.2 Å². The molecule has 0 saturated carbocycles. The molecule has 208 valence electrons. The normalized spacial score (nSPS) is 16.3. The van der Waals surface area contributed by atoms with Crippen LogP contribution in [-0.4, -0.2) is 50.1 Å². The molecule has 1 fully saturated rings. The number of anilines is 5. The lowest BCUT2D eigenvalue weighted by atomic mass is 10.1. The van der Waals surface area contributed by atoms with E-state index in [2.05, 4.69) is 37.6 Å². The fraction of sp³-hybridized carbons (Fsp3) is 0.143. The Morgan fingerprint density at radius 3 is 2.78 bits per heavy atom. The van der Waals surface area contributed by atoms with Crippen LogP contribution in [0.4, 0.5) is 37.6 Å². The third-order valence-corrected chi connectivity index (χ3v) is 6.51. The summed E-state index contributed by atoms with van der Waals surface area (Å²) < 4.78 is 35.4. The molecule has 2 aliphatic heterocycles. The van der Waals surface area contributed by atoms with Gasteiger partial charge < -0.3 is 25.8 Å². The highest BCUT2D eigenvalue weighted by molar-refractivity contribution is 5.99. The van der Waals surface area contributed by atoms with Crippen LogP contribution in [0, 0.1) is 11.6 Å². The largest absolute Gasteiger partial charge is 0.454 e. The van der Waals surface area contributed by atoms with Crippen LogP contribution in [0.2, 0.25) is 0 Å². The molecule has 2 aromatic heterocycles. The second-order valence-electron chi connectivity index (χ2n) is 9.33. The van der Waals surface area contributed by atoms with E-state index in [0.717, 1.165) is 31.3 Å². The molecule has 1 unspecified atom stereocenters. The van der Waals surface area contributed by atoms with Crippen molar-refractivity contribution in [3.8, 4) is 5.75 Å². The van der Waals surface area contributed by atoms with E-state index < -0.39 is 23.8 Å². The fourth-order valence-electron chi connectivity index (χ4n) is 4.36. The van der Waals surface area contributed by atoms with Gasteiger partial charge in [-0.3, -0.25) is 14.4 Å². The Morgan fingerprint density at radius 2 is 2.02 bits per heavy atom. The molecule has 4 heterocycles. The third kappa shape index (κ3) is 5.35. The smallest absolute Gasteiger partial charge is 0.247 e. The molecule has 0 radical (unpaired) electrons. The quantitative estimate of drug-likeness (QED) is 0.238. The van der Waals surface area contributed by atoms with Crippen molar-refractivity contribution in [3.05, 3.63) is 96.7 Å². The minimum Gasteiger partial charge on any atom is -0.454 e. The van der Waals surface area contributed by atoms with Crippen molar-refractivity contribution in [1.82, 2.24) is 25.1 Å². The Kier molecular flexibility index (Phi) is 6.87. The summed E-state index contributed by atoms with van der Waals surface area (Å²) in [4.78, 5) is 22.4. The Morgan fingerprint density at radius 1 is 1.17 bits per heavy atom. The van der Waals surface area contributed by atoms with Crippen LogP contribution in [0.3, 0.4) is 0 Å². The van der Waals surface area contributed by atoms with Gasteiger partial charge in [-0.1, -0.05) is 12.6 Å². The Bertz CT molecular complexity index is 1670. The van der Waals surface area contributed by atoms with Gasteiger partial charge in [-0.25, -0.2) is 13.8 Å². The zero-order chi connectivity index (χ0) is 28.5. The van der Waals surface area contributed by atoms with E-state index in [-0.39, 0.29) is 23.5 Å². The van der Waals surface area contributed by atoms with E-state index in [1.807, 2.05) is 10.9 Å². The zero-order valence-electron chi connectivity index (χ0n) is 21.5. The van der Waals surface area contributed by atoms with Crippen LogP contribution in [0.1, 0.15) is 11.6 Å². The first-order chi connectivity index (χ1) is 19.9. The topological polar surface area (TPSA) is 129 Å². The number of nitrogens with zero attached hydrogens (tertiary/aromatic N) is 5. The Hall–Kier alpha value is -5.14. The van der Waals surface area contributed by atoms with Gasteiger partial charge in [-0.05, 0) is 42.5 Å². The summed E-state index contributed by atoms with van der Waals surface area (Å²) >= 11 is 0. The van der Waals surface area contributed by atoms with Crippen LogP contribution >= 0.6 is 0 Å². The summed E-state index contributed by atoms with van der Waals surface area (Å²) in [6.45, 7) is 5.15. The van der Waals surface area contributed by atoms with Crippen LogP contribution in [0.25, 0.3) is 6.08 Å². The number of aliphatic hydroxyl groups is 1. The number of carbonyl (C=O) groups is 1. The number of aromatic nitrogens is 4. The van der Waals surface area contributed by atoms with Gasteiger partial charge in [-0.15, -0.1) is 0 Å². The highest BCUT2D eigenvalue weighted by Crippen LogP contribution is 2.38. The van der Waals surface area contributed by atoms with E-state index in [4.69, 9.17) is 4.74 Å². The zero-order valence-corrected chi connectivity index (χ0v) is 21.5. The number of hydrogen-bond acceptors (Lipinski definition) is 9. The van der Waals surface area contributed by atoms with Gasteiger partial charge in [0.2, 0.25) is 11.9 Å². The predicted molar refractivity (Wildman–Crippen MR) is 148 cm³/mol. The molecule has 2 aliphatic rings. The van der Waals surface area contributed by atoms with Crippen molar-refractivity contribution in [1.29, 1.82) is 0 Å². The third-order valence-electron chi connectivity index (χ3n) is 6.51. The first kappa shape index (κ1) is 26.1. The highest BCUT2D eigenvalue weighted by atomic mass is 19.1. The SMILES string of the molecule is C=CC(=O)Nc1cccc(N2c3nc(Nc4cnn(C5CNC5)c4)ncc3C=C(Oc3ccc(F)cc3F)C2O)c1. The maximum Gasteiger partial charge on any atom is 0.247 e. The number of benzene rings is 2. The van der Waals surface area contributed by atoms with Crippen LogP contribution in [0.5, 0.6) is 5.75 Å². The highest BCUT2D eigenvalue weighted by Gasteiger charge is 2.33. The summed E-state index contributed by atoms with van der Waals surface area (Å²) in [5.74, 6) is -1.88. The molecule has 4 N–H and O–H groups in total. The van der Waals surface area contributed by atoms with Crippen molar-refractivity contribution >= 4 is 40.8 Å². The number of nitrogens with one attached hydrogen (secondary N) is 3. The summed E-state index contributed by atoms with van der Waals surface area (Å²) in [6, 6.07) is 9.83. The summed E-state index contributed by atoms with van der Waals surface area (Å²) in [7, 11) is 0. The number of amides is 1. The van der Waals surface area contributed by atoms with Crippen molar-refractivity contribution in [2.24, 2.45) is 0 Å². The summed E-state index contributed by atoms with van der Waals surface area (Å²) in [5, 5.41) is 24.9. The van der Waals surface area contributed by atoms with Crippen molar-refractivity contribution in [2.75, 3.05) is 28.6 Å². The molecular formula is C28H24F2N8O3. The standard InChI is InChI=1S/C28H24F2N8O3/c1-2-25(39)34-18-4-3-5-20(10-18)38-26-16(8-24(27(38)40)41-23-7-6-17(29)9-22(23)30)11-32-28(36-26)35-19-12-33-37(15-19)21-13-31-14-21/h2-12,15,21,27,31,40H,1,13-14H2,(H,34,39)(H,32,35,36). The fourth-order valence-corrected chi connectivity index (χ4v) is 4.36. The monoisotopic (exact) mass is 558 g/mol. The molecule has 6 rings (SSSR count). The number of hydrogen-bond donors (Lipinski definition) is 4. The van der Waals surface area contributed by atoms with Crippen molar-refractivity contribution in [3.63, 3.8) is 0 Å². The van der Waals surface area contributed by atoms with Crippen molar-refractivity contribution in [2.45, 2.75) is 12.3 Å². The number of ether oxygens (including phenoxy) is 1. The second-order valence-corrected chi connectivity index (χ2v) is 9.33. The first-order valence-electron chi connectivity index (χ1n) is 12.6. The Labute approximate surface area is 232 Å². The summed E-state index contributed by atoms with van der Waals surface area (Å²) in [6.07, 6.45) is 6.19. The molecule has 0 bridgehead atoms. The molecule has 4 aromatic rings. The van der Waals surface area contributed by atoms with Crippen LogP contribution in [-0.2, 0) is 4.79 Å². The van der Waals surface area contributed by atoms with E-state index in [0.29, 0.717) is 34.5 Å². The molecule has 11 nitrogen and oxygen atoms in total. The van der Waals surface area contributed by atoms with E-state index in [1.54, 1.807) is 30.5 Å². The van der Waals surface area contributed by atoms with Gasteiger partial charge in [0.05, 0.1) is 17.9 Å². The average molecular weight is 559 g/mol. The molecule has 41 heavy (non-hydrogen) atoms. The Balaban J connectivity index is 1.37. The van der Waals surface area contributed by atoms with Crippen molar-refractivity contribution < 1.29 is 23.4 Å². The number of rotatable bonds is 8. The van der Waals surface area contributed by atoms with Crippen LogP contribution in [0.15, 0.2) is 79.5 Å². The van der Waals surface area contributed by atoms with Gasteiger partial charge >= 0.3 is 0 Å². The van der Waals surface area contributed by atoms with Crippen LogP contribution < -0.4 is 25.6 Å². The minimum absolute atomic E-state index is 0.0526. The maximum absolute atomic E-state index is 14.4. The molecule has 1 saturated heterocycles. The lowest BCUT2D eigenvalue weighted by molar-refractivity contribution is -0.111. The van der Waals surface area contributed by atoms with E-state index >= 15 is 0 Å². The molecule has 13 heteroatoms. The lowest BCUT2D eigenvalue weighted by Gasteiger charge is -2.34. The van der Waals surface area contributed by atoms with Gasteiger partial charge in [0, 0.05) is 48.5 Å². The van der Waals surface area contributed by atoms with Gasteiger partial charge in [0.1, 0.15) is 11.6 Å². The van der Waals surface area contributed by atoms with Gasteiger partial charge in [0.15, 0.2) is 23.6 Å². The number of carbonyl (C=O) groups excluding carboxylic acids is 1. The molecule has 0 spiro atoms. The first-order valence-corrected chi connectivity index (χ1v) is 12.6. The molecular weight excluding hydrogens is 534 g/mol. The molecule has 2 aromatic carbocycles. The molecule has 0 aliphatic carbocycles. The second kappa shape index (κ2) is 10.8. The van der Waals surface area contributed by atoms with Gasteiger partial charge in [0.25, 0.3) is 0 Å². The minimum atomic E-state index is -1.48. The summed E-state index contributed by atoms with van der Waals surface area (Å²) in [5.41, 5.74) is 2.01.